The number of carbonyl (C=O) groups excluding carboxylic acids is 1. The molecule has 2 aromatic carbocycles. The van der Waals surface area contributed by atoms with E-state index in [1.165, 1.54) is 24.3 Å². The number of piperazine rings is 1. The quantitative estimate of drug-likeness (QED) is 0.506. The van der Waals surface area contributed by atoms with Crippen LogP contribution >= 0.6 is 11.6 Å². The number of sulfonamides is 1. The number of nitrogens with one attached hydrogen (secondary N) is 1. The van der Waals surface area contributed by atoms with Gasteiger partial charge in [0.1, 0.15) is 18.3 Å². The molecular weight excluding hydrogens is 482 g/mol. The minimum Gasteiger partial charge on any atom is -0.388 e. The summed E-state index contributed by atoms with van der Waals surface area (Å²) in [6, 6.07) is 15.6. The van der Waals surface area contributed by atoms with Crippen molar-refractivity contribution >= 4 is 33.2 Å². The SMILES string of the molecule is O=C(CC1OC(CNS(=O)(=O)c2ccc(Cl)cc2)C(O)C1O)N1CCN(c2ccccc2)CC1. The topological polar surface area (TPSA) is 119 Å². The smallest absolute Gasteiger partial charge is 0.240 e. The maximum atomic E-state index is 12.8. The van der Waals surface area contributed by atoms with Gasteiger partial charge in [-0.25, -0.2) is 13.1 Å². The van der Waals surface area contributed by atoms with Gasteiger partial charge in [-0.3, -0.25) is 4.79 Å². The molecular formula is C23H28ClN3O6S. The zero-order valence-corrected chi connectivity index (χ0v) is 20.0. The third-order valence-electron chi connectivity index (χ3n) is 6.19. The zero-order chi connectivity index (χ0) is 24.3. The van der Waals surface area contributed by atoms with Gasteiger partial charge < -0.3 is 24.7 Å². The summed E-state index contributed by atoms with van der Waals surface area (Å²) in [6.07, 6.45) is -4.60. The van der Waals surface area contributed by atoms with Gasteiger partial charge in [0.25, 0.3) is 0 Å². The van der Waals surface area contributed by atoms with E-state index in [1.54, 1.807) is 4.90 Å². The molecule has 4 unspecified atom stereocenters. The van der Waals surface area contributed by atoms with Crippen LogP contribution in [0.1, 0.15) is 6.42 Å². The van der Waals surface area contributed by atoms with E-state index in [9.17, 15) is 23.4 Å². The fraction of sp³-hybridized carbons (Fsp3) is 0.435. The first-order valence-corrected chi connectivity index (χ1v) is 13.0. The number of hydrogen-bond donors (Lipinski definition) is 3. The Hall–Kier alpha value is -2.21. The molecule has 0 radical (unpaired) electrons. The third kappa shape index (κ3) is 5.70. The van der Waals surface area contributed by atoms with Gasteiger partial charge in [-0.1, -0.05) is 29.8 Å². The molecule has 4 rings (SSSR count). The van der Waals surface area contributed by atoms with Crippen LogP contribution in [0.2, 0.25) is 5.02 Å². The normalized spacial score (nSPS) is 25.5. The third-order valence-corrected chi connectivity index (χ3v) is 7.88. The molecule has 11 heteroatoms. The molecule has 1 amide bonds. The number of rotatable bonds is 7. The molecule has 2 aliphatic heterocycles. The Morgan fingerprint density at radius 1 is 0.971 bits per heavy atom. The number of ether oxygens (including phenoxy) is 1. The van der Waals surface area contributed by atoms with Crippen LogP contribution in [0.15, 0.2) is 59.5 Å². The minimum atomic E-state index is -3.85. The first kappa shape index (κ1) is 24.9. The summed E-state index contributed by atoms with van der Waals surface area (Å²) in [5.41, 5.74) is 1.11. The molecule has 2 aromatic rings. The number of aliphatic hydroxyl groups excluding tert-OH is 2. The van der Waals surface area contributed by atoms with Gasteiger partial charge in [0.2, 0.25) is 15.9 Å². The van der Waals surface area contributed by atoms with E-state index in [0.717, 1.165) is 5.69 Å². The van der Waals surface area contributed by atoms with Crippen LogP contribution < -0.4 is 9.62 Å². The maximum Gasteiger partial charge on any atom is 0.240 e. The standard InChI is InChI=1S/C23H28ClN3O6S/c24-16-6-8-18(9-7-16)34(31,32)25-15-20-23(30)22(29)19(33-20)14-21(28)27-12-10-26(11-13-27)17-4-2-1-3-5-17/h1-9,19-20,22-23,25,29-30H,10-15H2. The van der Waals surface area contributed by atoms with Crippen molar-refractivity contribution in [2.24, 2.45) is 0 Å². The summed E-state index contributed by atoms with van der Waals surface area (Å²) in [6.45, 7) is 2.24. The van der Waals surface area contributed by atoms with Crippen LogP contribution in [0.5, 0.6) is 0 Å². The number of amides is 1. The molecule has 0 bridgehead atoms. The molecule has 0 saturated carbocycles. The van der Waals surface area contributed by atoms with Crippen molar-refractivity contribution in [3.8, 4) is 0 Å². The average Bonchev–Trinajstić information content (AvgIpc) is 3.11. The first-order valence-electron chi connectivity index (χ1n) is 11.1. The average molecular weight is 510 g/mol. The fourth-order valence-electron chi connectivity index (χ4n) is 4.21. The number of halogens is 1. The van der Waals surface area contributed by atoms with E-state index in [1.807, 2.05) is 30.3 Å². The van der Waals surface area contributed by atoms with Gasteiger partial charge in [0.05, 0.1) is 17.4 Å². The highest BCUT2D eigenvalue weighted by Gasteiger charge is 2.44. The molecule has 2 fully saturated rings. The van der Waals surface area contributed by atoms with Gasteiger partial charge in [-0.2, -0.15) is 0 Å². The Morgan fingerprint density at radius 2 is 1.59 bits per heavy atom. The fourth-order valence-corrected chi connectivity index (χ4v) is 5.38. The highest BCUT2D eigenvalue weighted by Crippen LogP contribution is 2.25. The molecule has 9 nitrogen and oxygen atoms in total. The van der Waals surface area contributed by atoms with Crippen molar-refractivity contribution in [1.82, 2.24) is 9.62 Å². The summed E-state index contributed by atoms with van der Waals surface area (Å²) in [5, 5.41) is 21.2. The van der Waals surface area contributed by atoms with E-state index in [0.29, 0.717) is 31.2 Å². The lowest BCUT2D eigenvalue weighted by Gasteiger charge is -2.36. The Bertz CT molecular complexity index is 1080. The predicted molar refractivity (Wildman–Crippen MR) is 127 cm³/mol. The van der Waals surface area contributed by atoms with Crippen molar-refractivity contribution in [3.05, 3.63) is 59.6 Å². The molecule has 184 valence electrons. The Morgan fingerprint density at radius 3 is 2.24 bits per heavy atom. The highest BCUT2D eigenvalue weighted by atomic mass is 35.5. The van der Waals surface area contributed by atoms with Gasteiger partial charge in [0.15, 0.2) is 0 Å². The van der Waals surface area contributed by atoms with Crippen LogP contribution in [0.4, 0.5) is 5.69 Å². The lowest BCUT2D eigenvalue weighted by molar-refractivity contribution is -0.135. The minimum absolute atomic E-state index is 0.0197. The zero-order valence-electron chi connectivity index (χ0n) is 18.5. The van der Waals surface area contributed by atoms with Crippen LogP contribution in [0.3, 0.4) is 0 Å². The van der Waals surface area contributed by atoms with Gasteiger partial charge in [-0.15, -0.1) is 0 Å². The largest absolute Gasteiger partial charge is 0.388 e. The van der Waals surface area contributed by atoms with Crippen molar-refractivity contribution in [2.75, 3.05) is 37.6 Å². The summed E-state index contributed by atoms with van der Waals surface area (Å²) in [5.74, 6) is -0.175. The summed E-state index contributed by atoms with van der Waals surface area (Å²) >= 11 is 5.80. The lowest BCUT2D eigenvalue weighted by Crippen LogP contribution is -2.49. The first-order chi connectivity index (χ1) is 16.2. The second kappa shape index (κ2) is 10.6. The molecule has 0 aliphatic carbocycles. The number of anilines is 1. The van der Waals surface area contributed by atoms with Gasteiger partial charge in [-0.05, 0) is 36.4 Å². The molecule has 0 aromatic heterocycles. The predicted octanol–water partition coefficient (Wildman–Crippen LogP) is 0.846. The number of aliphatic hydroxyl groups is 2. The van der Waals surface area contributed by atoms with E-state index in [4.69, 9.17) is 16.3 Å². The summed E-state index contributed by atoms with van der Waals surface area (Å²) in [4.78, 5) is 16.7. The van der Waals surface area contributed by atoms with Crippen molar-refractivity contribution < 1.29 is 28.2 Å². The molecule has 2 aliphatic rings. The highest BCUT2D eigenvalue weighted by molar-refractivity contribution is 7.89. The number of nitrogens with zero attached hydrogens (tertiary/aromatic N) is 2. The lowest BCUT2D eigenvalue weighted by atomic mass is 10.0. The molecule has 34 heavy (non-hydrogen) atoms. The molecule has 2 heterocycles. The Labute approximate surface area is 203 Å². The van der Waals surface area contributed by atoms with Crippen LogP contribution in [0.25, 0.3) is 0 Å². The second-order valence-corrected chi connectivity index (χ2v) is 10.6. The van der Waals surface area contributed by atoms with Crippen molar-refractivity contribution in [1.29, 1.82) is 0 Å². The van der Waals surface area contributed by atoms with E-state index in [-0.39, 0.29) is 23.8 Å². The monoisotopic (exact) mass is 509 g/mol. The molecule has 4 atom stereocenters. The molecule has 3 N–H and O–H groups in total. The number of hydrogen-bond acceptors (Lipinski definition) is 7. The number of carbonyl (C=O) groups is 1. The van der Waals surface area contributed by atoms with E-state index >= 15 is 0 Å². The maximum absolute atomic E-state index is 12.8. The number of para-hydroxylation sites is 1. The van der Waals surface area contributed by atoms with E-state index in [2.05, 4.69) is 9.62 Å². The van der Waals surface area contributed by atoms with Crippen LogP contribution in [0, 0.1) is 0 Å². The van der Waals surface area contributed by atoms with E-state index < -0.39 is 34.4 Å². The van der Waals surface area contributed by atoms with Crippen LogP contribution in [-0.2, 0) is 19.6 Å². The number of benzene rings is 2. The Balaban J connectivity index is 1.28. The molecule has 0 spiro atoms. The van der Waals surface area contributed by atoms with Crippen molar-refractivity contribution in [2.45, 2.75) is 35.7 Å². The Kier molecular flexibility index (Phi) is 7.76. The summed E-state index contributed by atoms with van der Waals surface area (Å²) < 4.78 is 33.0. The van der Waals surface area contributed by atoms with Crippen molar-refractivity contribution in [3.63, 3.8) is 0 Å². The second-order valence-electron chi connectivity index (χ2n) is 8.41. The summed E-state index contributed by atoms with van der Waals surface area (Å²) in [7, 11) is -3.85. The van der Waals surface area contributed by atoms with Crippen LogP contribution in [-0.4, -0.2) is 86.6 Å². The molecule has 2 saturated heterocycles. The van der Waals surface area contributed by atoms with Gasteiger partial charge in [0, 0.05) is 43.4 Å². The van der Waals surface area contributed by atoms with Gasteiger partial charge >= 0.3 is 0 Å².